The highest BCUT2D eigenvalue weighted by atomic mass is 16.1. The van der Waals surface area contributed by atoms with Crippen molar-refractivity contribution >= 4 is 28.4 Å². The number of hydrogen-bond donors (Lipinski definition) is 2. The molecule has 3 aromatic carbocycles. The highest BCUT2D eigenvalue weighted by Crippen LogP contribution is 2.39. The Morgan fingerprint density at radius 1 is 1.00 bits per heavy atom. The van der Waals surface area contributed by atoms with Gasteiger partial charge in [-0.25, -0.2) is 0 Å². The molecule has 5 aromatic rings. The molecule has 1 unspecified atom stereocenters. The molecule has 0 saturated heterocycles. The van der Waals surface area contributed by atoms with Crippen LogP contribution in [0.1, 0.15) is 29.7 Å². The Balaban J connectivity index is 1.48. The third-order valence-electron chi connectivity index (χ3n) is 6.54. The first-order valence-corrected chi connectivity index (χ1v) is 11.8. The molecule has 0 spiro atoms. The maximum atomic E-state index is 13.7. The van der Waals surface area contributed by atoms with Gasteiger partial charge in [-0.1, -0.05) is 65.8 Å². The molecule has 0 saturated carbocycles. The van der Waals surface area contributed by atoms with Gasteiger partial charge in [-0.05, 0) is 53.6 Å². The average Bonchev–Trinajstić information content (AvgIpc) is 3.48. The second kappa shape index (κ2) is 8.81. The van der Waals surface area contributed by atoms with E-state index in [0.717, 1.165) is 27.7 Å². The Morgan fingerprint density at radius 3 is 2.64 bits per heavy atom. The van der Waals surface area contributed by atoms with Crippen molar-refractivity contribution in [3.05, 3.63) is 113 Å². The number of allylic oxidation sites excluding steroid dienone is 1. The van der Waals surface area contributed by atoms with Crippen LogP contribution < -0.4 is 10.6 Å². The Kier molecular flexibility index (Phi) is 5.33. The summed E-state index contributed by atoms with van der Waals surface area (Å²) in [5.41, 5.74) is 6.34. The molecule has 8 heteroatoms. The number of aryl methyl sites for hydroxylation is 1. The third kappa shape index (κ3) is 3.82. The molecule has 2 N–H and O–H groups in total. The first-order chi connectivity index (χ1) is 17.6. The normalized spacial score (nSPS) is 15.0. The van der Waals surface area contributed by atoms with Crippen molar-refractivity contribution in [1.29, 1.82) is 0 Å². The highest BCUT2D eigenvalue weighted by Gasteiger charge is 2.36. The molecular weight excluding hydrogens is 450 g/mol. The van der Waals surface area contributed by atoms with Crippen LogP contribution in [-0.4, -0.2) is 30.7 Å². The molecule has 1 aliphatic rings. The summed E-state index contributed by atoms with van der Waals surface area (Å²) in [7, 11) is 0. The zero-order valence-electron chi connectivity index (χ0n) is 20.0. The number of nitrogens with zero attached hydrogens (tertiary/aromatic N) is 5. The fourth-order valence-electron chi connectivity index (χ4n) is 4.92. The molecule has 36 heavy (non-hydrogen) atoms. The largest absolute Gasteiger partial charge is 0.343 e. The average molecular weight is 476 g/mol. The van der Waals surface area contributed by atoms with E-state index < -0.39 is 6.04 Å². The minimum Gasteiger partial charge on any atom is -0.343 e. The summed E-state index contributed by atoms with van der Waals surface area (Å²) in [6.07, 6.45) is 2.12. The van der Waals surface area contributed by atoms with Crippen LogP contribution in [0.25, 0.3) is 10.9 Å². The van der Waals surface area contributed by atoms with E-state index in [0.29, 0.717) is 23.8 Å². The standard InChI is InChI=1S/C28H25N7O/c1-18-9-8-12-21(15-18)30-27(36)25-19(2)29-28-31-32-33-35(28)26(25)23-17-34(16-20-10-4-3-5-11-20)24-14-7-6-13-22(23)24/h3-15,17,26H,16H2,1-2H3,(H,30,36)(H,29,31,33). The predicted octanol–water partition coefficient (Wildman–Crippen LogP) is 4.91. The van der Waals surface area contributed by atoms with E-state index in [1.54, 1.807) is 4.68 Å². The SMILES string of the molecule is CC1=C(C(=O)Nc2cccc(C)c2)C(c2cn(Cc3ccccc3)c3ccccc23)n2nnnc2N1. The Hall–Kier alpha value is -4.72. The van der Waals surface area contributed by atoms with E-state index in [9.17, 15) is 4.79 Å². The van der Waals surface area contributed by atoms with Gasteiger partial charge < -0.3 is 15.2 Å². The summed E-state index contributed by atoms with van der Waals surface area (Å²) in [6.45, 7) is 4.60. The van der Waals surface area contributed by atoms with Crippen LogP contribution in [0.4, 0.5) is 11.6 Å². The van der Waals surface area contributed by atoms with Crippen LogP contribution >= 0.6 is 0 Å². The molecule has 178 valence electrons. The molecule has 0 aliphatic carbocycles. The van der Waals surface area contributed by atoms with Gasteiger partial charge >= 0.3 is 0 Å². The van der Waals surface area contributed by atoms with Crippen LogP contribution in [0.3, 0.4) is 0 Å². The second-order valence-electron chi connectivity index (χ2n) is 9.05. The maximum absolute atomic E-state index is 13.7. The van der Waals surface area contributed by atoms with E-state index in [1.165, 1.54) is 5.56 Å². The number of hydrogen-bond acceptors (Lipinski definition) is 5. The number of tetrazole rings is 1. The van der Waals surface area contributed by atoms with Gasteiger partial charge in [0.25, 0.3) is 5.91 Å². The monoisotopic (exact) mass is 475 g/mol. The predicted molar refractivity (Wildman–Crippen MR) is 140 cm³/mol. The van der Waals surface area contributed by atoms with E-state index in [1.807, 2.05) is 68.4 Å². The van der Waals surface area contributed by atoms with Gasteiger partial charge in [-0.3, -0.25) is 4.79 Å². The number of amides is 1. The number of para-hydroxylation sites is 1. The van der Waals surface area contributed by atoms with Crippen LogP contribution in [0, 0.1) is 6.92 Å². The van der Waals surface area contributed by atoms with Gasteiger partial charge in [0.15, 0.2) is 0 Å². The highest BCUT2D eigenvalue weighted by molar-refractivity contribution is 6.06. The third-order valence-corrected chi connectivity index (χ3v) is 6.54. The van der Waals surface area contributed by atoms with E-state index in [4.69, 9.17) is 0 Å². The number of anilines is 2. The second-order valence-corrected chi connectivity index (χ2v) is 9.05. The first kappa shape index (κ1) is 21.8. The molecule has 1 amide bonds. The number of fused-ring (bicyclic) bond motifs is 2. The minimum atomic E-state index is -0.497. The number of carbonyl (C=O) groups is 1. The van der Waals surface area contributed by atoms with Crippen molar-refractivity contribution < 1.29 is 4.79 Å². The lowest BCUT2D eigenvalue weighted by molar-refractivity contribution is -0.113. The minimum absolute atomic E-state index is 0.198. The molecule has 3 heterocycles. The maximum Gasteiger partial charge on any atom is 0.255 e. The van der Waals surface area contributed by atoms with Crippen LogP contribution in [0.5, 0.6) is 0 Å². The molecule has 0 radical (unpaired) electrons. The summed E-state index contributed by atoms with van der Waals surface area (Å²) < 4.78 is 3.91. The van der Waals surface area contributed by atoms with E-state index in [2.05, 4.69) is 61.2 Å². The summed E-state index contributed by atoms with van der Waals surface area (Å²) in [6, 6.07) is 25.8. The molecule has 1 atom stereocenters. The molecule has 0 bridgehead atoms. The zero-order chi connectivity index (χ0) is 24.6. The van der Waals surface area contributed by atoms with Crippen molar-refractivity contribution in [3.8, 4) is 0 Å². The summed E-state index contributed by atoms with van der Waals surface area (Å²) in [5, 5.41) is 19.6. The van der Waals surface area contributed by atoms with E-state index in [-0.39, 0.29) is 5.91 Å². The van der Waals surface area contributed by atoms with Gasteiger partial charge in [-0.2, -0.15) is 4.68 Å². The van der Waals surface area contributed by atoms with Gasteiger partial charge in [0.2, 0.25) is 5.95 Å². The number of benzene rings is 3. The summed E-state index contributed by atoms with van der Waals surface area (Å²) >= 11 is 0. The molecule has 2 aromatic heterocycles. The van der Waals surface area contributed by atoms with Crippen molar-refractivity contribution in [2.75, 3.05) is 10.6 Å². The van der Waals surface area contributed by atoms with Crippen LogP contribution in [-0.2, 0) is 11.3 Å². The number of carbonyl (C=O) groups excluding carboxylic acids is 1. The Morgan fingerprint density at radius 2 is 1.81 bits per heavy atom. The lowest BCUT2D eigenvalue weighted by Gasteiger charge is -2.27. The van der Waals surface area contributed by atoms with Crippen molar-refractivity contribution in [1.82, 2.24) is 24.8 Å². The van der Waals surface area contributed by atoms with Crippen LogP contribution in [0.15, 0.2) is 96.3 Å². The van der Waals surface area contributed by atoms with Crippen molar-refractivity contribution in [3.63, 3.8) is 0 Å². The molecule has 0 fully saturated rings. The van der Waals surface area contributed by atoms with Crippen LogP contribution in [0.2, 0.25) is 0 Å². The number of rotatable bonds is 5. The number of aromatic nitrogens is 5. The smallest absolute Gasteiger partial charge is 0.255 e. The lowest BCUT2D eigenvalue weighted by Crippen LogP contribution is -2.31. The molecule has 1 aliphatic heterocycles. The van der Waals surface area contributed by atoms with Crippen molar-refractivity contribution in [2.24, 2.45) is 0 Å². The lowest BCUT2D eigenvalue weighted by atomic mass is 9.94. The topological polar surface area (TPSA) is 89.7 Å². The quantitative estimate of drug-likeness (QED) is 0.377. The summed E-state index contributed by atoms with van der Waals surface area (Å²) in [5.74, 6) is 0.307. The fourth-order valence-corrected chi connectivity index (χ4v) is 4.92. The Bertz CT molecular complexity index is 1610. The zero-order valence-corrected chi connectivity index (χ0v) is 20.0. The van der Waals surface area contributed by atoms with Gasteiger partial charge in [0.05, 0.1) is 5.57 Å². The van der Waals surface area contributed by atoms with Gasteiger partial charge in [-0.15, -0.1) is 0 Å². The van der Waals surface area contributed by atoms with Gasteiger partial charge in [0, 0.05) is 40.6 Å². The van der Waals surface area contributed by atoms with Crippen molar-refractivity contribution in [2.45, 2.75) is 26.4 Å². The first-order valence-electron chi connectivity index (χ1n) is 11.8. The van der Waals surface area contributed by atoms with E-state index >= 15 is 0 Å². The Labute approximate surface area is 208 Å². The van der Waals surface area contributed by atoms with Gasteiger partial charge in [0.1, 0.15) is 6.04 Å². The molecule has 6 rings (SSSR count). The summed E-state index contributed by atoms with van der Waals surface area (Å²) in [4.78, 5) is 13.7. The fraction of sp³-hybridized carbons (Fsp3) is 0.143. The molecular formula is C28H25N7O. The number of nitrogens with one attached hydrogen (secondary N) is 2. The molecule has 8 nitrogen and oxygen atoms in total.